The van der Waals surface area contributed by atoms with Crippen molar-refractivity contribution in [2.24, 2.45) is 5.92 Å². The largest absolute Gasteiger partial charge is 0.393 e. The average Bonchev–Trinajstić information content (AvgIpc) is 3.12. The van der Waals surface area contributed by atoms with E-state index in [1.807, 2.05) is 24.3 Å². The number of urea groups is 1. The summed E-state index contributed by atoms with van der Waals surface area (Å²) in [7, 11) is 0. The summed E-state index contributed by atoms with van der Waals surface area (Å²) in [5.41, 5.74) is 1.62. The smallest absolute Gasteiger partial charge is 0.317 e. The highest BCUT2D eigenvalue weighted by Crippen LogP contribution is 2.24. The van der Waals surface area contributed by atoms with E-state index < -0.39 is 0 Å². The van der Waals surface area contributed by atoms with Crippen molar-refractivity contribution in [1.82, 2.24) is 10.2 Å². The van der Waals surface area contributed by atoms with Crippen LogP contribution < -0.4 is 10.2 Å². The Hall–Kier alpha value is -2.26. The number of carbonyl (C=O) groups is 1. The summed E-state index contributed by atoms with van der Waals surface area (Å²) in [4.78, 5) is 16.5. The number of hydrogen-bond acceptors (Lipinski definition) is 4. The summed E-state index contributed by atoms with van der Waals surface area (Å²) in [6, 6.07) is 9.91. The Balaban J connectivity index is 1.59. The summed E-state index contributed by atoms with van der Waals surface area (Å²) in [5.74, 6) is 0.177. The van der Waals surface area contributed by atoms with E-state index in [4.69, 9.17) is 0 Å². The molecule has 3 atom stereocenters. The number of carbonyl (C=O) groups excluding carboxylic acids is 1. The van der Waals surface area contributed by atoms with Crippen LogP contribution in [-0.4, -0.2) is 54.4 Å². The number of aliphatic hydroxyl groups excluding tert-OH is 1. The van der Waals surface area contributed by atoms with Crippen molar-refractivity contribution in [3.05, 3.63) is 29.8 Å². The Morgan fingerprint density at radius 1 is 1.32 bits per heavy atom. The number of benzene rings is 1. The molecule has 2 fully saturated rings. The van der Waals surface area contributed by atoms with Gasteiger partial charge in [-0.25, -0.2) is 4.79 Å². The fourth-order valence-electron chi connectivity index (χ4n) is 3.79. The van der Waals surface area contributed by atoms with Gasteiger partial charge in [0.1, 0.15) is 6.07 Å². The van der Waals surface area contributed by atoms with Gasteiger partial charge in [-0.2, -0.15) is 5.26 Å². The molecule has 0 aliphatic carbocycles. The van der Waals surface area contributed by atoms with Crippen LogP contribution in [0.25, 0.3) is 0 Å². The van der Waals surface area contributed by atoms with Crippen molar-refractivity contribution >= 4 is 11.7 Å². The summed E-state index contributed by atoms with van der Waals surface area (Å²) < 4.78 is 0. The molecule has 1 aromatic rings. The molecule has 0 aromatic heterocycles. The molecule has 1 aromatic carbocycles. The highest BCUT2D eigenvalue weighted by atomic mass is 16.3. The number of rotatable bonds is 3. The third-order valence-corrected chi connectivity index (χ3v) is 5.31. The first-order valence-electron chi connectivity index (χ1n) is 9.06. The van der Waals surface area contributed by atoms with Gasteiger partial charge in [-0.1, -0.05) is 12.1 Å². The zero-order chi connectivity index (χ0) is 17.8. The van der Waals surface area contributed by atoms with Gasteiger partial charge in [0, 0.05) is 38.1 Å². The molecule has 2 aliphatic rings. The highest BCUT2D eigenvalue weighted by molar-refractivity contribution is 5.75. The first-order valence-corrected chi connectivity index (χ1v) is 9.06. The van der Waals surface area contributed by atoms with Crippen molar-refractivity contribution < 1.29 is 9.90 Å². The van der Waals surface area contributed by atoms with Crippen molar-refractivity contribution in [2.45, 2.75) is 38.3 Å². The van der Waals surface area contributed by atoms with Crippen LogP contribution in [0.3, 0.4) is 0 Å². The Bertz CT molecular complexity index is 655. The zero-order valence-electron chi connectivity index (χ0n) is 14.7. The molecule has 0 bridgehead atoms. The van der Waals surface area contributed by atoms with E-state index in [1.54, 1.807) is 11.8 Å². The standard InChI is InChI=1S/C19H26N4O2/c1-14(24)16-8-10-23(12-16)19(25)21-17-6-4-9-22(13-17)18-7-3-2-5-15(18)11-20/h2-3,5,7,14,16-17,24H,4,6,8-10,12-13H2,1H3,(H,21,25)/t14-,16+,17+/m0/s1. The molecule has 134 valence electrons. The number of anilines is 1. The van der Waals surface area contributed by atoms with Crippen LogP contribution in [-0.2, 0) is 0 Å². The number of nitriles is 1. The Morgan fingerprint density at radius 3 is 2.84 bits per heavy atom. The molecule has 0 radical (unpaired) electrons. The number of amides is 2. The van der Waals surface area contributed by atoms with Crippen LogP contribution >= 0.6 is 0 Å². The molecule has 2 amide bonds. The molecule has 0 saturated carbocycles. The molecular weight excluding hydrogens is 316 g/mol. The third-order valence-electron chi connectivity index (χ3n) is 5.31. The third kappa shape index (κ3) is 4.05. The molecule has 0 spiro atoms. The van der Waals surface area contributed by atoms with E-state index >= 15 is 0 Å². The van der Waals surface area contributed by atoms with Crippen LogP contribution in [0.5, 0.6) is 0 Å². The second-order valence-corrected chi connectivity index (χ2v) is 7.10. The van der Waals surface area contributed by atoms with Crippen molar-refractivity contribution in [3.63, 3.8) is 0 Å². The molecule has 2 heterocycles. The predicted molar refractivity (Wildman–Crippen MR) is 96.3 cm³/mol. The fraction of sp³-hybridized carbons (Fsp3) is 0.579. The molecular formula is C19H26N4O2. The van der Waals surface area contributed by atoms with Gasteiger partial charge in [0.05, 0.1) is 17.4 Å². The number of piperidine rings is 1. The van der Waals surface area contributed by atoms with Gasteiger partial charge in [-0.3, -0.25) is 0 Å². The lowest BCUT2D eigenvalue weighted by molar-refractivity contribution is 0.129. The lowest BCUT2D eigenvalue weighted by Crippen LogP contribution is -2.51. The van der Waals surface area contributed by atoms with Gasteiger partial charge in [-0.05, 0) is 38.3 Å². The van der Waals surface area contributed by atoms with Gasteiger partial charge >= 0.3 is 6.03 Å². The molecule has 6 nitrogen and oxygen atoms in total. The van der Waals surface area contributed by atoms with Crippen molar-refractivity contribution in [1.29, 1.82) is 5.26 Å². The van der Waals surface area contributed by atoms with Crippen LogP contribution in [0.15, 0.2) is 24.3 Å². The number of nitrogens with one attached hydrogen (secondary N) is 1. The topological polar surface area (TPSA) is 79.6 Å². The van der Waals surface area contributed by atoms with Crippen LogP contribution in [0.4, 0.5) is 10.5 Å². The quantitative estimate of drug-likeness (QED) is 0.880. The lowest BCUT2D eigenvalue weighted by Gasteiger charge is -2.36. The van der Waals surface area contributed by atoms with Crippen LogP contribution in [0.1, 0.15) is 31.7 Å². The summed E-state index contributed by atoms with van der Waals surface area (Å²) in [6.07, 6.45) is 2.42. The van der Waals surface area contributed by atoms with E-state index in [0.29, 0.717) is 18.7 Å². The van der Waals surface area contributed by atoms with Gasteiger partial charge < -0.3 is 20.2 Å². The molecule has 0 unspecified atom stereocenters. The maximum atomic E-state index is 12.5. The lowest BCUT2D eigenvalue weighted by atomic mass is 10.0. The van der Waals surface area contributed by atoms with Gasteiger partial charge in [0.2, 0.25) is 0 Å². The normalized spacial score (nSPS) is 24.7. The van der Waals surface area contributed by atoms with Gasteiger partial charge in [-0.15, -0.1) is 0 Å². The summed E-state index contributed by atoms with van der Waals surface area (Å²) in [5, 5.41) is 22.1. The number of nitrogens with zero attached hydrogens (tertiary/aromatic N) is 3. The Kier molecular flexibility index (Phi) is 5.44. The Morgan fingerprint density at radius 2 is 2.12 bits per heavy atom. The Labute approximate surface area is 149 Å². The van der Waals surface area contributed by atoms with E-state index in [0.717, 1.165) is 38.0 Å². The first kappa shape index (κ1) is 17.6. The monoisotopic (exact) mass is 342 g/mol. The zero-order valence-corrected chi connectivity index (χ0v) is 14.7. The number of para-hydroxylation sites is 1. The van der Waals surface area contributed by atoms with Gasteiger partial charge in [0.15, 0.2) is 0 Å². The molecule has 2 saturated heterocycles. The van der Waals surface area contributed by atoms with E-state index in [-0.39, 0.29) is 24.1 Å². The number of hydrogen-bond donors (Lipinski definition) is 2. The summed E-state index contributed by atoms with van der Waals surface area (Å²) in [6.45, 7) is 4.74. The highest BCUT2D eigenvalue weighted by Gasteiger charge is 2.31. The van der Waals surface area contributed by atoms with Crippen molar-refractivity contribution in [2.75, 3.05) is 31.1 Å². The maximum Gasteiger partial charge on any atom is 0.317 e. The minimum Gasteiger partial charge on any atom is -0.393 e. The SMILES string of the molecule is C[C@H](O)[C@@H]1CCN(C(=O)N[C@@H]2CCCN(c3ccccc3C#N)C2)C1. The molecule has 2 aliphatic heterocycles. The summed E-state index contributed by atoms with van der Waals surface area (Å²) >= 11 is 0. The van der Waals surface area contributed by atoms with E-state index in [9.17, 15) is 15.2 Å². The average molecular weight is 342 g/mol. The van der Waals surface area contributed by atoms with Crippen LogP contribution in [0.2, 0.25) is 0 Å². The molecule has 2 N–H and O–H groups in total. The van der Waals surface area contributed by atoms with Gasteiger partial charge in [0.25, 0.3) is 0 Å². The maximum absolute atomic E-state index is 12.5. The number of likely N-dealkylation sites (tertiary alicyclic amines) is 1. The predicted octanol–water partition coefficient (Wildman–Crippen LogP) is 1.94. The van der Waals surface area contributed by atoms with E-state index in [2.05, 4.69) is 16.3 Å². The number of aliphatic hydroxyl groups is 1. The molecule has 25 heavy (non-hydrogen) atoms. The van der Waals surface area contributed by atoms with Crippen LogP contribution in [0, 0.1) is 17.2 Å². The fourth-order valence-corrected chi connectivity index (χ4v) is 3.79. The first-order chi connectivity index (χ1) is 12.1. The minimum atomic E-state index is -0.370. The second-order valence-electron chi connectivity index (χ2n) is 7.10. The molecule has 6 heteroatoms. The minimum absolute atomic E-state index is 0.0384. The second kappa shape index (κ2) is 7.75. The van der Waals surface area contributed by atoms with E-state index in [1.165, 1.54) is 0 Å². The molecule has 3 rings (SSSR count). The van der Waals surface area contributed by atoms with Crippen molar-refractivity contribution in [3.8, 4) is 6.07 Å².